The van der Waals surface area contributed by atoms with Gasteiger partial charge in [-0.2, -0.15) is 0 Å². The van der Waals surface area contributed by atoms with Crippen molar-refractivity contribution in [2.45, 2.75) is 78.3 Å². The first-order chi connectivity index (χ1) is 7.29. The van der Waals surface area contributed by atoms with E-state index in [4.69, 9.17) is 0 Å². The molecule has 1 nitrogen and oxygen atoms in total. The zero-order valence-electron chi connectivity index (χ0n) is 11.1. The average molecular weight is 211 g/mol. The molecule has 2 rings (SSSR count). The number of fused-ring (bicyclic) bond motifs is 1. The molecule has 1 heterocycles. The lowest BCUT2D eigenvalue weighted by molar-refractivity contribution is 0.0371. The van der Waals surface area contributed by atoms with Crippen molar-refractivity contribution in [3.63, 3.8) is 0 Å². The molecular formula is C14H29N. The largest absolute Gasteiger partial charge is 0.298 e. The van der Waals surface area contributed by atoms with Crippen molar-refractivity contribution in [1.29, 1.82) is 0 Å². The first kappa shape index (κ1) is 13.0. The molecule has 2 aliphatic rings. The van der Waals surface area contributed by atoms with Crippen molar-refractivity contribution in [2.24, 2.45) is 5.92 Å². The van der Waals surface area contributed by atoms with Crippen molar-refractivity contribution in [3.05, 3.63) is 0 Å². The fourth-order valence-corrected chi connectivity index (χ4v) is 3.30. The number of rotatable bonds is 1. The highest BCUT2D eigenvalue weighted by Crippen LogP contribution is 2.35. The van der Waals surface area contributed by atoms with Crippen molar-refractivity contribution in [3.8, 4) is 0 Å². The van der Waals surface area contributed by atoms with E-state index in [1.807, 2.05) is 13.8 Å². The van der Waals surface area contributed by atoms with Crippen LogP contribution in [0.2, 0.25) is 0 Å². The Bertz CT molecular complexity index is 163. The lowest BCUT2D eigenvalue weighted by Gasteiger charge is -2.46. The number of nitrogens with zero attached hydrogens (tertiary/aromatic N) is 1. The lowest BCUT2D eigenvalue weighted by atomic mass is 9.78. The molecule has 90 valence electrons. The SMILES string of the molecule is CC.CC(C)N1CCCC2CCCCC21. The second kappa shape index (κ2) is 6.52. The monoisotopic (exact) mass is 211 g/mol. The Balaban J connectivity index is 0.000000531. The Morgan fingerprint density at radius 3 is 2.20 bits per heavy atom. The van der Waals surface area contributed by atoms with Gasteiger partial charge in [0.25, 0.3) is 0 Å². The van der Waals surface area contributed by atoms with Crippen LogP contribution in [-0.2, 0) is 0 Å². The predicted molar refractivity (Wildman–Crippen MR) is 68.2 cm³/mol. The summed E-state index contributed by atoms with van der Waals surface area (Å²) in [6, 6.07) is 1.72. The van der Waals surface area contributed by atoms with Gasteiger partial charge in [-0.15, -0.1) is 0 Å². The molecule has 1 aliphatic carbocycles. The standard InChI is InChI=1S/C12H23N.C2H6/c1-10(2)13-9-5-7-11-6-3-4-8-12(11)13;1-2/h10-12H,3-9H2,1-2H3;1-2H3. The summed E-state index contributed by atoms with van der Waals surface area (Å²) in [5.74, 6) is 1.05. The van der Waals surface area contributed by atoms with Gasteiger partial charge in [-0.25, -0.2) is 0 Å². The van der Waals surface area contributed by atoms with Crippen LogP contribution >= 0.6 is 0 Å². The van der Waals surface area contributed by atoms with Crippen LogP contribution in [0.5, 0.6) is 0 Å². The van der Waals surface area contributed by atoms with Crippen LogP contribution in [0, 0.1) is 5.92 Å². The third-order valence-corrected chi connectivity index (χ3v) is 3.95. The van der Waals surface area contributed by atoms with Crippen molar-refractivity contribution in [2.75, 3.05) is 6.54 Å². The average Bonchev–Trinajstić information content (AvgIpc) is 2.31. The van der Waals surface area contributed by atoms with E-state index in [-0.39, 0.29) is 0 Å². The summed E-state index contributed by atoms with van der Waals surface area (Å²) in [5.41, 5.74) is 0. The van der Waals surface area contributed by atoms with Crippen molar-refractivity contribution < 1.29 is 0 Å². The van der Waals surface area contributed by atoms with E-state index in [0.717, 1.165) is 18.0 Å². The third-order valence-electron chi connectivity index (χ3n) is 3.95. The van der Waals surface area contributed by atoms with Gasteiger partial charge in [-0.05, 0) is 52.0 Å². The van der Waals surface area contributed by atoms with Crippen LogP contribution in [-0.4, -0.2) is 23.5 Å². The maximum atomic E-state index is 2.76. The van der Waals surface area contributed by atoms with Crippen LogP contribution in [0.25, 0.3) is 0 Å². The second-order valence-corrected chi connectivity index (χ2v) is 5.09. The maximum absolute atomic E-state index is 2.76. The van der Waals surface area contributed by atoms with Gasteiger partial charge in [-0.3, -0.25) is 4.90 Å². The van der Waals surface area contributed by atoms with Gasteiger partial charge in [0.1, 0.15) is 0 Å². The molecule has 1 aliphatic heterocycles. The molecule has 0 aromatic rings. The minimum absolute atomic E-state index is 0.769. The quantitative estimate of drug-likeness (QED) is 0.632. The molecule has 0 spiro atoms. The highest BCUT2D eigenvalue weighted by Gasteiger charge is 2.33. The molecule has 2 unspecified atom stereocenters. The Kier molecular flexibility index (Phi) is 5.66. The zero-order valence-corrected chi connectivity index (χ0v) is 11.1. The fraction of sp³-hybridized carbons (Fsp3) is 1.00. The molecule has 1 heteroatoms. The molecule has 0 bridgehead atoms. The number of likely N-dealkylation sites (tertiary alicyclic amines) is 1. The van der Waals surface area contributed by atoms with Gasteiger partial charge in [0.2, 0.25) is 0 Å². The van der Waals surface area contributed by atoms with Crippen LogP contribution in [0.15, 0.2) is 0 Å². The normalized spacial score (nSPS) is 31.8. The molecule has 1 saturated heterocycles. The smallest absolute Gasteiger partial charge is 0.0126 e. The molecule has 0 radical (unpaired) electrons. The molecule has 1 saturated carbocycles. The van der Waals surface area contributed by atoms with E-state index in [9.17, 15) is 0 Å². The van der Waals surface area contributed by atoms with Crippen molar-refractivity contribution >= 4 is 0 Å². The van der Waals surface area contributed by atoms with E-state index < -0.39 is 0 Å². The first-order valence-corrected chi connectivity index (χ1v) is 7.05. The topological polar surface area (TPSA) is 3.24 Å². The van der Waals surface area contributed by atoms with Crippen LogP contribution < -0.4 is 0 Å². The lowest BCUT2D eigenvalue weighted by Crippen LogP contribution is -2.49. The summed E-state index contributed by atoms with van der Waals surface area (Å²) < 4.78 is 0. The van der Waals surface area contributed by atoms with Gasteiger partial charge < -0.3 is 0 Å². The van der Waals surface area contributed by atoms with Crippen LogP contribution in [0.4, 0.5) is 0 Å². The van der Waals surface area contributed by atoms with E-state index in [2.05, 4.69) is 18.7 Å². The van der Waals surface area contributed by atoms with Crippen molar-refractivity contribution in [1.82, 2.24) is 4.90 Å². The molecule has 0 N–H and O–H groups in total. The Labute approximate surface area is 96.2 Å². The van der Waals surface area contributed by atoms with E-state index in [1.165, 1.54) is 45.1 Å². The van der Waals surface area contributed by atoms with Gasteiger partial charge in [0.15, 0.2) is 0 Å². The fourth-order valence-electron chi connectivity index (χ4n) is 3.30. The molecule has 0 aromatic heterocycles. The van der Waals surface area contributed by atoms with Crippen LogP contribution in [0.1, 0.15) is 66.2 Å². The summed E-state index contributed by atoms with van der Waals surface area (Å²) in [6.07, 6.45) is 8.90. The van der Waals surface area contributed by atoms with Gasteiger partial charge in [0, 0.05) is 12.1 Å². The second-order valence-electron chi connectivity index (χ2n) is 5.09. The molecule has 0 aromatic carbocycles. The third kappa shape index (κ3) is 3.21. The summed E-state index contributed by atoms with van der Waals surface area (Å²) >= 11 is 0. The first-order valence-electron chi connectivity index (χ1n) is 7.05. The summed E-state index contributed by atoms with van der Waals surface area (Å²) in [7, 11) is 0. The van der Waals surface area contributed by atoms with E-state index in [1.54, 1.807) is 0 Å². The van der Waals surface area contributed by atoms with E-state index in [0.29, 0.717) is 0 Å². The molecule has 2 atom stereocenters. The maximum Gasteiger partial charge on any atom is 0.0126 e. The molecule has 0 amide bonds. The van der Waals surface area contributed by atoms with Gasteiger partial charge in [-0.1, -0.05) is 26.7 Å². The molecular weight excluding hydrogens is 182 g/mol. The summed E-state index contributed by atoms with van der Waals surface area (Å²) in [6.45, 7) is 10.1. The number of hydrogen-bond acceptors (Lipinski definition) is 1. The summed E-state index contributed by atoms with van der Waals surface area (Å²) in [5, 5.41) is 0. The Morgan fingerprint density at radius 2 is 1.53 bits per heavy atom. The highest BCUT2D eigenvalue weighted by molar-refractivity contribution is 4.88. The Hall–Kier alpha value is -0.0400. The number of piperidine rings is 1. The molecule has 15 heavy (non-hydrogen) atoms. The zero-order chi connectivity index (χ0) is 11.3. The molecule has 2 fully saturated rings. The summed E-state index contributed by atoms with van der Waals surface area (Å²) in [4.78, 5) is 2.76. The van der Waals surface area contributed by atoms with Gasteiger partial charge >= 0.3 is 0 Å². The minimum atomic E-state index is 0.769. The number of hydrogen-bond donors (Lipinski definition) is 0. The van der Waals surface area contributed by atoms with E-state index >= 15 is 0 Å². The predicted octanol–water partition coefficient (Wildman–Crippen LogP) is 4.08. The Morgan fingerprint density at radius 1 is 0.933 bits per heavy atom. The van der Waals surface area contributed by atoms with Gasteiger partial charge in [0.05, 0.1) is 0 Å². The minimum Gasteiger partial charge on any atom is -0.298 e. The van der Waals surface area contributed by atoms with Crippen LogP contribution in [0.3, 0.4) is 0 Å². The highest BCUT2D eigenvalue weighted by atomic mass is 15.2.